The van der Waals surface area contributed by atoms with Gasteiger partial charge in [0, 0.05) is 39.9 Å². The van der Waals surface area contributed by atoms with Crippen molar-refractivity contribution in [3.8, 4) is 0 Å². The first-order chi connectivity index (χ1) is 7.97. The maximum Gasteiger partial charge on any atom is 0.214 e. The molecule has 0 aliphatic heterocycles. The average molecular weight is 260 g/mol. The second-order valence-corrected chi connectivity index (χ2v) is 6.25. The molecule has 0 amide bonds. The van der Waals surface area contributed by atoms with Crippen molar-refractivity contribution < 1.29 is 8.42 Å². The zero-order chi connectivity index (χ0) is 12.9. The lowest BCUT2D eigenvalue weighted by Gasteiger charge is -2.11. The molecule has 0 saturated heterocycles. The number of hydrogen-bond donors (Lipinski definition) is 1. The summed E-state index contributed by atoms with van der Waals surface area (Å²) in [6.07, 6.45) is 3.56. The Balaban J connectivity index is 2.35. The Morgan fingerprint density at radius 1 is 1.47 bits per heavy atom. The molecule has 0 radical (unpaired) electrons. The topological polar surface area (TPSA) is 67.2 Å². The van der Waals surface area contributed by atoms with Crippen molar-refractivity contribution in [2.24, 2.45) is 0 Å². The molecule has 0 spiro atoms. The molecule has 1 heterocycles. The zero-order valence-electron chi connectivity index (χ0n) is 10.5. The van der Waals surface area contributed by atoms with E-state index in [-0.39, 0.29) is 5.75 Å². The molecule has 6 nitrogen and oxygen atoms in total. The van der Waals surface area contributed by atoms with E-state index in [4.69, 9.17) is 0 Å². The summed E-state index contributed by atoms with van der Waals surface area (Å²) in [6, 6.07) is 0. The largest absolute Gasteiger partial charge is 0.334 e. The van der Waals surface area contributed by atoms with Crippen LogP contribution in [0.25, 0.3) is 0 Å². The summed E-state index contributed by atoms with van der Waals surface area (Å²) in [5.41, 5.74) is 1.06. The number of rotatable bonds is 7. The summed E-state index contributed by atoms with van der Waals surface area (Å²) in [6.45, 7) is 3.99. The van der Waals surface area contributed by atoms with E-state index >= 15 is 0 Å². The van der Waals surface area contributed by atoms with E-state index in [1.165, 1.54) is 4.31 Å². The van der Waals surface area contributed by atoms with Crippen molar-refractivity contribution in [3.63, 3.8) is 0 Å². The molecule has 1 N–H and O–H groups in total. The van der Waals surface area contributed by atoms with Crippen LogP contribution < -0.4 is 5.32 Å². The minimum Gasteiger partial charge on any atom is -0.334 e. The van der Waals surface area contributed by atoms with Gasteiger partial charge in [-0.2, -0.15) is 0 Å². The minimum absolute atomic E-state index is 0.111. The Bertz CT molecular complexity index is 439. The van der Waals surface area contributed by atoms with Gasteiger partial charge in [-0.05, 0) is 6.92 Å². The molecule has 0 aliphatic carbocycles. The molecule has 1 aromatic heterocycles. The first-order valence-corrected chi connectivity index (χ1v) is 7.18. The number of nitrogens with zero attached hydrogens (tertiary/aromatic N) is 3. The lowest BCUT2D eigenvalue weighted by atomic mass is 10.4. The molecule has 0 aromatic carbocycles. The van der Waals surface area contributed by atoms with Gasteiger partial charge in [0.25, 0.3) is 0 Å². The predicted octanol–water partition coefficient (Wildman–Crippen LogP) is -0.116. The summed E-state index contributed by atoms with van der Waals surface area (Å²) in [5, 5.41) is 3.11. The third-order valence-electron chi connectivity index (χ3n) is 2.54. The fourth-order valence-corrected chi connectivity index (χ4v) is 2.15. The van der Waals surface area contributed by atoms with Gasteiger partial charge in [-0.25, -0.2) is 17.7 Å². The standard InChI is InChI=1S/C10H20N4O2S/c1-4-14-9-12-8-10(14)7-11-5-6-17(15,16)13(2)3/h8-9,11H,4-7H2,1-3H3. The summed E-state index contributed by atoms with van der Waals surface area (Å²) in [7, 11) is -0.0202. The van der Waals surface area contributed by atoms with E-state index in [0.29, 0.717) is 13.1 Å². The number of imidazole rings is 1. The van der Waals surface area contributed by atoms with E-state index < -0.39 is 10.0 Å². The van der Waals surface area contributed by atoms with Crippen LogP contribution >= 0.6 is 0 Å². The van der Waals surface area contributed by atoms with Crippen LogP contribution in [0.2, 0.25) is 0 Å². The molecular formula is C10H20N4O2S. The Morgan fingerprint density at radius 2 is 2.18 bits per heavy atom. The number of nitrogens with one attached hydrogen (secondary N) is 1. The molecule has 1 aromatic rings. The monoisotopic (exact) mass is 260 g/mol. The van der Waals surface area contributed by atoms with E-state index in [0.717, 1.165) is 12.2 Å². The molecule has 0 bridgehead atoms. The maximum absolute atomic E-state index is 11.5. The zero-order valence-corrected chi connectivity index (χ0v) is 11.4. The SMILES string of the molecule is CCn1cncc1CNCCS(=O)(=O)N(C)C. The maximum atomic E-state index is 11.5. The molecule has 0 fully saturated rings. The summed E-state index contributed by atoms with van der Waals surface area (Å²) in [5.74, 6) is 0.111. The molecule has 0 unspecified atom stereocenters. The van der Waals surface area contributed by atoms with E-state index in [1.807, 2.05) is 11.5 Å². The Labute approximate surface area is 103 Å². The summed E-state index contributed by atoms with van der Waals surface area (Å²) in [4.78, 5) is 4.05. The number of aromatic nitrogens is 2. The van der Waals surface area contributed by atoms with Gasteiger partial charge in [-0.1, -0.05) is 0 Å². The smallest absolute Gasteiger partial charge is 0.214 e. The van der Waals surface area contributed by atoms with Gasteiger partial charge < -0.3 is 9.88 Å². The summed E-state index contributed by atoms with van der Waals surface area (Å²) >= 11 is 0. The van der Waals surface area contributed by atoms with Crippen LogP contribution in [-0.4, -0.2) is 48.7 Å². The van der Waals surface area contributed by atoms with Crippen LogP contribution in [0.15, 0.2) is 12.5 Å². The number of hydrogen-bond acceptors (Lipinski definition) is 4. The lowest BCUT2D eigenvalue weighted by Crippen LogP contribution is -2.31. The highest BCUT2D eigenvalue weighted by atomic mass is 32.2. The highest BCUT2D eigenvalue weighted by Gasteiger charge is 2.12. The molecule has 98 valence electrons. The third kappa shape index (κ3) is 4.10. The van der Waals surface area contributed by atoms with Crippen molar-refractivity contribution in [1.29, 1.82) is 0 Å². The molecule has 1 rings (SSSR count). The van der Waals surface area contributed by atoms with E-state index in [2.05, 4.69) is 10.3 Å². The second kappa shape index (κ2) is 6.13. The van der Waals surface area contributed by atoms with E-state index in [9.17, 15) is 8.42 Å². The highest BCUT2D eigenvalue weighted by Crippen LogP contribution is 1.98. The van der Waals surface area contributed by atoms with Crippen molar-refractivity contribution in [2.75, 3.05) is 26.4 Å². The third-order valence-corrected chi connectivity index (χ3v) is 4.37. The van der Waals surface area contributed by atoms with Crippen molar-refractivity contribution in [1.82, 2.24) is 19.2 Å². The van der Waals surface area contributed by atoms with Crippen LogP contribution in [-0.2, 0) is 23.1 Å². The quantitative estimate of drug-likeness (QED) is 0.694. The highest BCUT2D eigenvalue weighted by molar-refractivity contribution is 7.89. The number of sulfonamides is 1. The number of aryl methyl sites for hydroxylation is 1. The first-order valence-electron chi connectivity index (χ1n) is 5.57. The van der Waals surface area contributed by atoms with Gasteiger partial charge >= 0.3 is 0 Å². The van der Waals surface area contributed by atoms with Crippen LogP contribution in [0, 0.1) is 0 Å². The van der Waals surface area contributed by atoms with Crippen molar-refractivity contribution in [3.05, 3.63) is 18.2 Å². The van der Waals surface area contributed by atoms with Crippen LogP contribution in [0.5, 0.6) is 0 Å². The van der Waals surface area contributed by atoms with Gasteiger partial charge in [-0.3, -0.25) is 0 Å². The van der Waals surface area contributed by atoms with Crippen LogP contribution in [0.3, 0.4) is 0 Å². The first kappa shape index (κ1) is 14.1. The van der Waals surface area contributed by atoms with Crippen LogP contribution in [0.4, 0.5) is 0 Å². The van der Waals surface area contributed by atoms with Gasteiger partial charge in [0.2, 0.25) is 10.0 Å². The fraction of sp³-hybridized carbons (Fsp3) is 0.700. The van der Waals surface area contributed by atoms with E-state index in [1.54, 1.807) is 26.6 Å². The van der Waals surface area contributed by atoms with Crippen molar-refractivity contribution >= 4 is 10.0 Å². The molecular weight excluding hydrogens is 240 g/mol. The summed E-state index contributed by atoms with van der Waals surface area (Å²) < 4.78 is 26.2. The second-order valence-electron chi connectivity index (χ2n) is 3.95. The fourth-order valence-electron chi connectivity index (χ4n) is 1.38. The average Bonchev–Trinajstić information content (AvgIpc) is 2.71. The minimum atomic E-state index is -3.11. The molecule has 17 heavy (non-hydrogen) atoms. The Kier molecular flexibility index (Phi) is 5.10. The molecule has 0 atom stereocenters. The molecule has 0 saturated carbocycles. The normalized spacial score (nSPS) is 12.2. The molecule has 7 heteroatoms. The molecule has 0 aliphatic rings. The van der Waals surface area contributed by atoms with Gasteiger partial charge in [0.15, 0.2) is 0 Å². The lowest BCUT2D eigenvalue weighted by molar-refractivity contribution is 0.516. The van der Waals surface area contributed by atoms with Crippen LogP contribution in [0.1, 0.15) is 12.6 Å². The Morgan fingerprint density at radius 3 is 2.76 bits per heavy atom. The van der Waals surface area contributed by atoms with Gasteiger partial charge in [0.05, 0.1) is 17.8 Å². The predicted molar refractivity (Wildman–Crippen MR) is 67.1 cm³/mol. The van der Waals surface area contributed by atoms with Gasteiger partial charge in [-0.15, -0.1) is 0 Å². The Hall–Kier alpha value is -0.920. The van der Waals surface area contributed by atoms with Gasteiger partial charge in [0.1, 0.15) is 0 Å². The van der Waals surface area contributed by atoms with Crippen molar-refractivity contribution in [2.45, 2.75) is 20.0 Å².